The van der Waals surface area contributed by atoms with Crippen molar-refractivity contribution in [3.63, 3.8) is 0 Å². The molecule has 1 aromatic rings. The molecule has 0 amide bonds. The van der Waals surface area contributed by atoms with Crippen LogP contribution in [0, 0.1) is 5.92 Å². The number of guanidine groups is 1. The van der Waals surface area contributed by atoms with Crippen molar-refractivity contribution in [2.75, 3.05) is 59.4 Å². The molecule has 28 heavy (non-hydrogen) atoms. The average Bonchev–Trinajstić information content (AvgIpc) is 2.70. The second kappa shape index (κ2) is 14.6. The number of rotatable bonds is 9. The van der Waals surface area contributed by atoms with E-state index in [1.807, 2.05) is 7.05 Å². The Morgan fingerprint density at radius 2 is 1.86 bits per heavy atom. The molecule has 1 unspecified atom stereocenters. The third-order valence-corrected chi connectivity index (χ3v) is 5.90. The molecule has 0 saturated carbocycles. The summed E-state index contributed by atoms with van der Waals surface area (Å²) in [7, 11) is 1.85. The third-order valence-electron chi connectivity index (χ3n) is 5.41. The first-order valence-electron chi connectivity index (χ1n) is 10.3. The Bertz CT molecular complexity index is 576. The first-order chi connectivity index (χ1) is 13.1. The van der Waals surface area contributed by atoms with Crippen LogP contribution in [0.4, 0.5) is 0 Å². The second-order valence-electron chi connectivity index (χ2n) is 7.26. The van der Waals surface area contributed by atoms with E-state index in [1.165, 1.54) is 38.3 Å². The smallest absolute Gasteiger partial charge is 0.191 e. The molecule has 0 aliphatic carbocycles. The number of likely N-dealkylation sites (N-methyl/N-ethyl adjacent to an activating group) is 1. The molecule has 0 radical (unpaired) electrons. The lowest BCUT2D eigenvalue weighted by Crippen LogP contribution is -2.49. The van der Waals surface area contributed by atoms with Crippen LogP contribution in [-0.2, 0) is 6.42 Å². The van der Waals surface area contributed by atoms with Gasteiger partial charge in [-0.1, -0.05) is 48.3 Å². The van der Waals surface area contributed by atoms with Crippen molar-refractivity contribution >= 4 is 45.9 Å². The summed E-state index contributed by atoms with van der Waals surface area (Å²) in [6.07, 6.45) is 2.24. The Morgan fingerprint density at radius 1 is 1.14 bits per heavy atom. The summed E-state index contributed by atoms with van der Waals surface area (Å²) >= 11 is 3.56. The minimum absolute atomic E-state index is 0. The van der Waals surface area contributed by atoms with Crippen LogP contribution < -0.4 is 10.6 Å². The van der Waals surface area contributed by atoms with Gasteiger partial charge in [0.15, 0.2) is 5.96 Å². The fourth-order valence-electron chi connectivity index (χ4n) is 3.48. The van der Waals surface area contributed by atoms with Crippen LogP contribution >= 0.6 is 39.9 Å². The van der Waals surface area contributed by atoms with E-state index in [9.17, 15) is 0 Å². The van der Waals surface area contributed by atoms with E-state index in [0.717, 1.165) is 42.9 Å². The number of nitrogens with zero attached hydrogens (tertiary/aromatic N) is 3. The van der Waals surface area contributed by atoms with E-state index in [0.29, 0.717) is 5.92 Å². The van der Waals surface area contributed by atoms with Gasteiger partial charge in [-0.05, 0) is 36.6 Å². The van der Waals surface area contributed by atoms with Gasteiger partial charge in [0, 0.05) is 57.3 Å². The molecule has 1 heterocycles. The first kappa shape index (κ1) is 25.7. The van der Waals surface area contributed by atoms with Crippen LogP contribution in [0.25, 0.3) is 0 Å². The van der Waals surface area contributed by atoms with Gasteiger partial charge in [-0.2, -0.15) is 0 Å². The zero-order chi connectivity index (χ0) is 19.5. The van der Waals surface area contributed by atoms with Gasteiger partial charge in [-0.3, -0.25) is 9.89 Å². The van der Waals surface area contributed by atoms with Gasteiger partial charge >= 0.3 is 0 Å². The SMILES string of the molecule is CCC(CNC(=NC)NCCN1CCN(CC)CC1)Cc1cccc(Br)c1.I. The zero-order valence-corrected chi connectivity index (χ0v) is 21.5. The molecule has 7 heteroatoms. The van der Waals surface area contributed by atoms with E-state index in [1.54, 1.807) is 0 Å². The van der Waals surface area contributed by atoms with Crippen molar-refractivity contribution in [3.05, 3.63) is 34.3 Å². The van der Waals surface area contributed by atoms with Crippen LogP contribution in [0.15, 0.2) is 33.7 Å². The molecule has 1 aliphatic heterocycles. The lowest BCUT2D eigenvalue weighted by molar-refractivity contribution is 0.139. The summed E-state index contributed by atoms with van der Waals surface area (Å²) in [5, 5.41) is 6.98. The van der Waals surface area contributed by atoms with Crippen LogP contribution in [0.3, 0.4) is 0 Å². The number of halogens is 2. The maximum Gasteiger partial charge on any atom is 0.191 e. The summed E-state index contributed by atoms with van der Waals surface area (Å²) in [6.45, 7) is 13.4. The van der Waals surface area contributed by atoms with E-state index in [2.05, 4.69) is 79.5 Å². The van der Waals surface area contributed by atoms with E-state index in [-0.39, 0.29) is 24.0 Å². The fraction of sp³-hybridized carbons (Fsp3) is 0.667. The van der Waals surface area contributed by atoms with E-state index < -0.39 is 0 Å². The number of piperazine rings is 1. The van der Waals surface area contributed by atoms with Gasteiger partial charge in [-0.25, -0.2) is 0 Å². The Hall–Kier alpha value is -0.380. The monoisotopic (exact) mass is 565 g/mol. The predicted molar refractivity (Wildman–Crippen MR) is 135 cm³/mol. The Kier molecular flexibility index (Phi) is 13.4. The molecule has 2 rings (SSSR count). The van der Waals surface area contributed by atoms with Crippen molar-refractivity contribution in [2.24, 2.45) is 10.9 Å². The molecule has 1 atom stereocenters. The van der Waals surface area contributed by atoms with Gasteiger partial charge < -0.3 is 15.5 Å². The summed E-state index contributed by atoms with van der Waals surface area (Å²) in [5.74, 6) is 1.51. The summed E-state index contributed by atoms with van der Waals surface area (Å²) in [4.78, 5) is 9.43. The molecule has 160 valence electrons. The quantitative estimate of drug-likeness (QED) is 0.273. The Labute approximate surface area is 196 Å². The van der Waals surface area contributed by atoms with Crippen LogP contribution in [0.1, 0.15) is 25.8 Å². The van der Waals surface area contributed by atoms with Crippen molar-refractivity contribution in [2.45, 2.75) is 26.7 Å². The molecular formula is C21H37BrIN5. The average molecular weight is 566 g/mol. The molecular weight excluding hydrogens is 529 g/mol. The molecule has 0 bridgehead atoms. The number of benzene rings is 1. The standard InChI is InChI=1S/C21H36BrN5.HI/c1-4-18(15-19-7-6-8-20(22)16-19)17-25-21(23-3)24-9-10-27-13-11-26(5-2)12-14-27;/h6-8,16,18H,4-5,9-15,17H2,1-3H3,(H2,23,24,25);1H. The number of aliphatic imine (C=N–C) groups is 1. The second-order valence-corrected chi connectivity index (χ2v) is 8.18. The predicted octanol–water partition coefficient (Wildman–Crippen LogP) is 3.44. The van der Waals surface area contributed by atoms with E-state index >= 15 is 0 Å². The molecule has 5 nitrogen and oxygen atoms in total. The first-order valence-corrected chi connectivity index (χ1v) is 11.1. The highest BCUT2D eigenvalue weighted by atomic mass is 127. The maximum absolute atomic E-state index is 4.38. The molecule has 0 aromatic heterocycles. The lowest BCUT2D eigenvalue weighted by Gasteiger charge is -2.34. The number of nitrogens with one attached hydrogen (secondary N) is 2. The molecule has 0 spiro atoms. The lowest BCUT2D eigenvalue weighted by atomic mass is 9.97. The Balaban J connectivity index is 0.00000392. The molecule has 1 aliphatic rings. The van der Waals surface area contributed by atoms with Crippen LogP contribution in [0.5, 0.6) is 0 Å². The number of hydrogen-bond donors (Lipinski definition) is 2. The van der Waals surface area contributed by atoms with Crippen molar-refractivity contribution in [1.29, 1.82) is 0 Å². The molecule has 1 fully saturated rings. The minimum atomic E-state index is 0. The van der Waals surface area contributed by atoms with Gasteiger partial charge in [0.25, 0.3) is 0 Å². The number of hydrogen-bond acceptors (Lipinski definition) is 3. The summed E-state index contributed by atoms with van der Waals surface area (Å²) in [5.41, 5.74) is 1.38. The van der Waals surface area contributed by atoms with Gasteiger partial charge in [-0.15, -0.1) is 24.0 Å². The van der Waals surface area contributed by atoms with Crippen molar-refractivity contribution in [1.82, 2.24) is 20.4 Å². The van der Waals surface area contributed by atoms with Crippen LogP contribution in [-0.4, -0.2) is 75.2 Å². The third kappa shape index (κ3) is 9.41. The van der Waals surface area contributed by atoms with Crippen LogP contribution in [0.2, 0.25) is 0 Å². The largest absolute Gasteiger partial charge is 0.356 e. The van der Waals surface area contributed by atoms with Gasteiger partial charge in [0.2, 0.25) is 0 Å². The van der Waals surface area contributed by atoms with Gasteiger partial charge in [0.1, 0.15) is 0 Å². The van der Waals surface area contributed by atoms with Crippen molar-refractivity contribution in [3.8, 4) is 0 Å². The summed E-state index contributed by atoms with van der Waals surface area (Å²) in [6, 6.07) is 8.61. The minimum Gasteiger partial charge on any atom is -0.356 e. The van der Waals surface area contributed by atoms with Crippen molar-refractivity contribution < 1.29 is 0 Å². The topological polar surface area (TPSA) is 42.9 Å². The molecule has 2 N–H and O–H groups in total. The fourth-order valence-corrected chi connectivity index (χ4v) is 3.93. The molecule has 1 aromatic carbocycles. The normalized spacial score (nSPS) is 17.1. The Morgan fingerprint density at radius 3 is 2.46 bits per heavy atom. The highest BCUT2D eigenvalue weighted by Crippen LogP contribution is 2.16. The van der Waals surface area contributed by atoms with E-state index in [4.69, 9.17) is 0 Å². The molecule has 1 saturated heterocycles. The summed E-state index contributed by atoms with van der Waals surface area (Å²) < 4.78 is 1.15. The zero-order valence-electron chi connectivity index (χ0n) is 17.6. The highest BCUT2D eigenvalue weighted by Gasteiger charge is 2.15. The maximum atomic E-state index is 4.38. The highest BCUT2D eigenvalue weighted by molar-refractivity contribution is 14.0. The van der Waals surface area contributed by atoms with Gasteiger partial charge in [0.05, 0.1) is 0 Å².